The summed E-state index contributed by atoms with van der Waals surface area (Å²) in [6.07, 6.45) is 5.05. The molecule has 0 atom stereocenters. The average molecular weight is 507 g/mol. The molecule has 0 aromatic heterocycles. The van der Waals surface area contributed by atoms with Gasteiger partial charge < -0.3 is 30.0 Å². The highest BCUT2D eigenvalue weighted by Gasteiger charge is 2.29. The second kappa shape index (κ2) is 12.2. The Labute approximate surface area is 185 Å². The predicted molar refractivity (Wildman–Crippen MR) is 122 cm³/mol. The van der Waals surface area contributed by atoms with Gasteiger partial charge in [0.05, 0.1) is 33.5 Å². The van der Waals surface area contributed by atoms with Gasteiger partial charge in [-0.3, -0.25) is 0 Å². The average Bonchev–Trinajstić information content (AvgIpc) is 2.69. The van der Waals surface area contributed by atoms with E-state index in [1.165, 1.54) is 6.42 Å². The molecule has 3 N–H and O–H groups in total. The summed E-state index contributed by atoms with van der Waals surface area (Å²) in [5.74, 6) is 2.47. The highest BCUT2D eigenvalue weighted by atomic mass is 127. The third-order valence-electron chi connectivity index (χ3n) is 4.86. The number of hydrogen-bond acceptors (Lipinski definition) is 5. The molecule has 0 unspecified atom stereocenters. The molecule has 0 saturated heterocycles. The zero-order valence-corrected chi connectivity index (χ0v) is 19.7. The summed E-state index contributed by atoms with van der Waals surface area (Å²) >= 11 is 0. The van der Waals surface area contributed by atoms with Crippen LogP contribution in [0.1, 0.15) is 44.6 Å². The Hall–Kier alpha value is -1.42. The van der Waals surface area contributed by atoms with Gasteiger partial charge in [-0.25, -0.2) is 4.99 Å². The monoisotopic (exact) mass is 507 g/mol. The van der Waals surface area contributed by atoms with E-state index in [0.29, 0.717) is 36.3 Å². The van der Waals surface area contributed by atoms with Crippen LogP contribution in [0.5, 0.6) is 17.2 Å². The van der Waals surface area contributed by atoms with E-state index in [9.17, 15) is 5.11 Å². The predicted octanol–water partition coefficient (Wildman–Crippen LogP) is 3.08. The fourth-order valence-corrected chi connectivity index (χ4v) is 3.37. The summed E-state index contributed by atoms with van der Waals surface area (Å²) in [6.45, 7) is 3.73. The number of ether oxygens (including phenoxy) is 3. The summed E-state index contributed by atoms with van der Waals surface area (Å²) in [5.41, 5.74) is 0.305. The fraction of sp³-hybridized carbons (Fsp3) is 0.650. The number of hydrogen-bond donors (Lipinski definition) is 3. The SMILES string of the molecule is CCNC(=NCc1cc(OC)c(OC)c(OC)c1)NCC1(O)CCCCC1.I. The molecule has 0 aliphatic heterocycles. The van der Waals surface area contributed by atoms with Crippen LogP contribution in [-0.2, 0) is 6.54 Å². The lowest BCUT2D eigenvalue weighted by Crippen LogP contribution is -2.48. The lowest BCUT2D eigenvalue weighted by Gasteiger charge is -2.32. The van der Waals surface area contributed by atoms with Crippen molar-refractivity contribution in [1.29, 1.82) is 0 Å². The maximum atomic E-state index is 10.7. The summed E-state index contributed by atoms with van der Waals surface area (Å²) in [6, 6.07) is 3.78. The molecule has 8 heteroatoms. The molecule has 0 spiro atoms. The number of aliphatic imine (C=N–C) groups is 1. The van der Waals surface area contributed by atoms with Crippen LogP contribution >= 0.6 is 24.0 Å². The number of nitrogens with zero attached hydrogens (tertiary/aromatic N) is 1. The van der Waals surface area contributed by atoms with Gasteiger partial charge in [0.2, 0.25) is 5.75 Å². The Bertz CT molecular complexity index is 609. The Morgan fingerprint density at radius 3 is 2.14 bits per heavy atom. The molecular formula is C20H34IN3O4. The molecule has 1 fully saturated rings. The standard InChI is InChI=1S/C20H33N3O4.HI/c1-5-21-19(23-14-20(24)9-7-6-8-10-20)22-13-15-11-16(25-2)18(27-4)17(12-15)26-3;/h11-12,24H,5-10,13-14H2,1-4H3,(H2,21,22,23);1H. The van der Waals surface area contributed by atoms with Gasteiger partial charge in [0.1, 0.15) is 0 Å². The van der Waals surface area contributed by atoms with Crippen molar-refractivity contribution in [1.82, 2.24) is 10.6 Å². The minimum Gasteiger partial charge on any atom is -0.493 e. The van der Waals surface area contributed by atoms with Crippen molar-refractivity contribution in [2.75, 3.05) is 34.4 Å². The van der Waals surface area contributed by atoms with Gasteiger partial charge in [-0.05, 0) is 37.5 Å². The molecule has 160 valence electrons. The van der Waals surface area contributed by atoms with Crippen LogP contribution in [0.4, 0.5) is 0 Å². The van der Waals surface area contributed by atoms with Crippen molar-refractivity contribution in [3.63, 3.8) is 0 Å². The molecule has 2 rings (SSSR count). The number of methoxy groups -OCH3 is 3. The first-order chi connectivity index (χ1) is 13.0. The third kappa shape index (κ3) is 6.88. The molecular weight excluding hydrogens is 473 g/mol. The third-order valence-corrected chi connectivity index (χ3v) is 4.86. The Kier molecular flexibility index (Phi) is 10.7. The summed E-state index contributed by atoms with van der Waals surface area (Å²) in [4.78, 5) is 4.64. The van der Waals surface area contributed by atoms with Crippen molar-refractivity contribution in [2.24, 2.45) is 4.99 Å². The van der Waals surface area contributed by atoms with Crippen LogP contribution in [-0.4, -0.2) is 51.1 Å². The number of rotatable bonds is 8. The Morgan fingerprint density at radius 1 is 1.04 bits per heavy atom. The molecule has 1 saturated carbocycles. The molecule has 0 heterocycles. The van der Waals surface area contributed by atoms with Gasteiger partial charge in [-0.1, -0.05) is 19.3 Å². The van der Waals surface area contributed by atoms with Gasteiger partial charge in [0.15, 0.2) is 17.5 Å². The quantitative estimate of drug-likeness (QED) is 0.285. The van der Waals surface area contributed by atoms with Crippen molar-refractivity contribution in [3.05, 3.63) is 17.7 Å². The first-order valence-corrected chi connectivity index (χ1v) is 9.58. The highest BCUT2D eigenvalue weighted by molar-refractivity contribution is 14.0. The normalized spacial score (nSPS) is 16.0. The van der Waals surface area contributed by atoms with E-state index in [2.05, 4.69) is 15.6 Å². The van der Waals surface area contributed by atoms with Crippen LogP contribution in [0.2, 0.25) is 0 Å². The van der Waals surface area contributed by atoms with E-state index >= 15 is 0 Å². The number of benzene rings is 1. The molecule has 0 amide bonds. The van der Waals surface area contributed by atoms with E-state index in [0.717, 1.165) is 37.8 Å². The second-order valence-corrected chi connectivity index (χ2v) is 6.87. The summed E-state index contributed by atoms with van der Waals surface area (Å²) in [5, 5.41) is 17.2. The maximum Gasteiger partial charge on any atom is 0.203 e. The fourth-order valence-electron chi connectivity index (χ4n) is 3.37. The van der Waals surface area contributed by atoms with Gasteiger partial charge >= 0.3 is 0 Å². The van der Waals surface area contributed by atoms with Gasteiger partial charge in [0.25, 0.3) is 0 Å². The van der Waals surface area contributed by atoms with Gasteiger partial charge in [-0.2, -0.15) is 0 Å². The number of halogens is 1. The lowest BCUT2D eigenvalue weighted by molar-refractivity contribution is 0.00859. The van der Waals surface area contributed by atoms with Crippen molar-refractivity contribution in [3.8, 4) is 17.2 Å². The topological polar surface area (TPSA) is 84.3 Å². The van der Waals surface area contributed by atoms with Crippen LogP contribution in [0.15, 0.2) is 17.1 Å². The molecule has 0 bridgehead atoms. The minimum absolute atomic E-state index is 0. The minimum atomic E-state index is -0.638. The Balaban J connectivity index is 0.00000392. The molecule has 1 aliphatic carbocycles. The van der Waals surface area contributed by atoms with E-state index in [1.54, 1.807) is 21.3 Å². The van der Waals surface area contributed by atoms with Crippen LogP contribution in [0.3, 0.4) is 0 Å². The summed E-state index contributed by atoms with van der Waals surface area (Å²) < 4.78 is 16.1. The molecule has 1 aliphatic rings. The number of aliphatic hydroxyl groups is 1. The zero-order valence-electron chi connectivity index (χ0n) is 17.3. The highest BCUT2D eigenvalue weighted by Crippen LogP contribution is 2.38. The largest absolute Gasteiger partial charge is 0.493 e. The zero-order chi connectivity index (χ0) is 19.7. The van der Waals surface area contributed by atoms with E-state index < -0.39 is 5.60 Å². The number of guanidine groups is 1. The lowest BCUT2D eigenvalue weighted by atomic mass is 9.85. The number of nitrogens with one attached hydrogen (secondary N) is 2. The summed E-state index contributed by atoms with van der Waals surface area (Å²) in [7, 11) is 4.78. The second-order valence-electron chi connectivity index (χ2n) is 6.87. The van der Waals surface area contributed by atoms with Crippen molar-refractivity contribution >= 4 is 29.9 Å². The van der Waals surface area contributed by atoms with E-state index in [-0.39, 0.29) is 24.0 Å². The first kappa shape index (κ1) is 24.6. The Morgan fingerprint density at radius 2 is 1.64 bits per heavy atom. The first-order valence-electron chi connectivity index (χ1n) is 9.58. The molecule has 28 heavy (non-hydrogen) atoms. The van der Waals surface area contributed by atoms with E-state index in [4.69, 9.17) is 14.2 Å². The maximum absolute atomic E-state index is 10.7. The van der Waals surface area contributed by atoms with Crippen molar-refractivity contribution < 1.29 is 19.3 Å². The molecule has 1 aromatic carbocycles. The molecule has 7 nitrogen and oxygen atoms in total. The molecule has 0 radical (unpaired) electrons. The van der Waals surface area contributed by atoms with E-state index in [1.807, 2.05) is 19.1 Å². The van der Waals surface area contributed by atoms with Gasteiger partial charge in [-0.15, -0.1) is 24.0 Å². The van der Waals surface area contributed by atoms with Crippen LogP contribution < -0.4 is 24.8 Å². The van der Waals surface area contributed by atoms with Crippen LogP contribution in [0.25, 0.3) is 0 Å². The van der Waals surface area contributed by atoms with Crippen molar-refractivity contribution in [2.45, 2.75) is 51.2 Å². The smallest absolute Gasteiger partial charge is 0.203 e. The van der Waals surface area contributed by atoms with Crippen LogP contribution in [0, 0.1) is 0 Å². The molecule has 1 aromatic rings. The van der Waals surface area contributed by atoms with Gasteiger partial charge in [0, 0.05) is 13.1 Å².